The van der Waals surface area contributed by atoms with Gasteiger partial charge in [-0.25, -0.2) is 4.79 Å². The Labute approximate surface area is 151 Å². The lowest BCUT2D eigenvalue weighted by Crippen LogP contribution is -2.23. The lowest BCUT2D eigenvalue weighted by atomic mass is 10.0. The fourth-order valence-corrected chi connectivity index (χ4v) is 2.87. The SMILES string of the molecule is C[C@@H]1C[C@@H](OC(=O)CCC(=O)c2ccc(-c3ccccc3)cc2)C(=O)O1. The van der Waals surface area contributed by atoms with Crippen LogP contribution in [-0.4, -0.2) is 29.9 Å². The maximum atomic E-state index is 12.3. The van der Waals surface area contributed by atoms with E-state index in [0.717, 1.165) is 11.1 Å². The molecule has 0 unspecified atom stereocenters. The molecule has 2 aromatic carbocycles. The molecule has 5 heteroatoms. The maximum Gasteiger partial charge on any atom is 0.347 e. The fourth-order valence-electron chi connectivity index (χ4n) is 2.87. The van der Waals surface area contributed by atoms with E-state index >= 15 is 0 Å². The van der Waals surface area contributed by atoms with Gasteiger partial charge in [-0.2, -0.15) is 0 Å². The van der Waals surface area contributed by atoms with Crippen molar-refractivity contribution in [3.8, 4) is 11.1 Å². The Bertz CT molecular complexity index is 795. The predicted molar refractivity (Wildman–Crippen MR) is 95.5 cm³/mol. The zero-order chi connectivity index (χ0) is 18.5. The van der Waals surface area contributed by atoms with Gasteiger partial charge in [0, 0.05) is 18.4 Å². The Morgan fingerprint density at radius 2 is 1.65 bits per heavy atom. The molecule has 1 saturated heterocycles. The molecule has 0 spiro atoms. The summed E-state index contributed by atoms with van der Waals surface area (Å²) in [5, 5.41) is 0. The fraction of sp³-hybridized carbons (Fsp3) is 0.286. The highest BCUT2D eigenvalue weighted by atomic mass is 16.6. The summed E-state index contributed by atoms with van der Waals surface area (Å²) < 4.78 is 10.0. The van der Waals surface area contributed by atoms with E-state index in [1.54, 1.807) is 19.1 Å². The van der Waals surface area contributed by atoms with E-state index in [2.05, 4.69) is 0 Å². The first-order valence-electron chi connectivity index (χ1n) is 8.61. The molecule has 1 aliphatic heterocycles. The van der Waals surface area contributed by atoms with Gasteiger partial charge in [0.1, 0.15) is 6.10 Å². The van der Waals surface area contributed by atoms with E-state index in [4.69, 9.17) is 9.47 Å². The van der Waals surface area contributed by atoms with Crippen molar-refractivity contribution in [1.82, 2.24) is 0 Å². The number of carbonyl (C=O) groups excluding carboxylic acids is 3. The van der Waals surface area contributed by atoms with Crippen LogP contribution in [0.5, 0.6) is 0 Å². The van der Waals surface area contributed by atoms with Crippen LogP contribution in [0.15, 0.2) is 54.6 Å². The number of ether oxygens (including phenoxy) is 2. The monoisotopic (exact) mass is 352 g/mol. The summed E-state index contributed by atoms with van der Waals surface area (Å²) >= 11 is 0. The van der Waals surface area contributed by atoms with Gasteiger partial charge in [0.05, 0.1) is 6.42 Å². The number of benzene rings is 2. The second-order valence-corrected chi connectivity index (χ2v) is 6.33. The van der Waals surface area contributed by atoms with Crippen LogP contribution in [0.2, 0.25) is 0 Å². The molecule has 0 N–H and O–H groups in total. The first kappa shape index (κ1) is 17.9. The summed E-state index contributed by atoms with van der Waals surface area (Å²) in [6.07, 6.45) is -0.750. The van der Waals surface area contributed by atoms with Gasteiger partial charge in [-0.1, -0.05) is 54.6 Å². The Hall–Kier alpha value is -2.95. The molecule has 5 nitrogen and oxygen atoms in total. The van der Waals surface area contributed by atoms with E-state index in [9.17, 15) is 14.4 Å². The summed E-state index contributed by atoms with van der Waals surface area (Å²) in [7, 11) is 0. The highest BCUT2D eigenvalue weighted by molar-refractivity contribution is 5.98. The highest BCUT2D eigenvalue weighted by Gasteiger charge is 2.34. The summed E-state index contributed by atoms with van der Waals surface area (Å²) in [5.74, 6) is -1.21. The normalized spacial score (nSPS) is 19.0. The summed E-state index contributed by atoms with van der Waals surface area (Å²) in [6.45, 7) is 1.74. The van der Waals surface area contributed by atoms with Crippen LogP contribution in [0.4, 0.5) is 0 Å². The zero-order valence-electron chi connectivity index (χ0n) is 14.5. The Balaban J connectivity index is 1.52. The van der Waals surface area contributed by atoms with Crippen molar-refractivity contribution in [3.63, 3.8) is 0 Å². The molecule has 0 amide bonds. The van der Waals surface area contributed by atoms with Gasteiger partial charge in [0.25, 0.3) is 0 Å². The summed E-state index contributed by atoms with van der Waals surface area (Å²) in [4.78, 5) is 35.6. The number of carbonyl (C=O) groups is 3. The first-order valence-corrected chi connectivity index (χ1v) is 8.61. The maximum absolute atomic E-state index is 12.3. The van der Waals surface area contributed by atoms with Gasteiger partial charge >= 0.3 is 11.9 Å². The number of hydrogen-bond donors (Lipinski definition) is 0. The molecule has 1 heterocycles. The zero-order valence-corrected chi connectivity index (χ0v) is 14.5. The predicted octanol–water partition coefficient (Wildman–Crippen LogP) is 3.56. The second kappa shape index (κ2) is 7.95. The van der Waals surface area contributed by atoms with Crippen molar-refractivity contribution in [2.45, 2.75) is 38.4 Å². The van der Waals surface area contributed by atoms with Crippen LogP contribution in [0.25, 0.3) is 11.1 Å². The molecule has 0 bridgehead atoms. The number of cyclic esters (lactones) is 1. The molecule has 2 aromatic rings. The molecule has 1 aliphatic rings. The van der Waals surface area contributed by atoms with Gasteiger partial charge in [-0.3, -0.25) is 9.59 Å². The van der Waals surface area contributed by atoms with Gasteiger partial charge in [-0.15, -0.1) is 0 Å². The van der Waals surface area contributed by atoms with Crippen molar-refractivity contribution in [1.29, 1.82) is 0 Å². The van der Waals surface area contributed by atoms with E-state index in [-0.39, 0.29) is 24.7 Å². The van der Waals surface area contributed by atoms with E-state index in [0.29, 0.717) is 12.0 Å². The number of esters is 2. The molecule has 0 aromatic heterocycles. The standard InChI is InChI=1S/C21H20O5/c1-14-13-19(21(24)25-14)26-20(23)12-11-18(22)17-9-7-16(8-10-17)15-5-3-2-4-6-15/h2-10,14,19H,11-13H2,1H3/t14-,19-/m1/s1. The van der Waals surface area contributed by atoms with Crippen molar-refractivity contribution in [2.24, 2.45) is 0 Å². The topological polar surface area (TPSA) is 69.7 Å². The molecular weight excluding hydrogens is 332 g/mol. The van der Waals surface area contributed by atoms with E-state index in [1.165, 1.54) is 0 Å². The van der Waals surface area contributed by atoms with Crippen molar-refractivity contribution in [3.05, 3.63) is 60.2 Å². The highest BCUT2D eigenvalue weighted by Crippen LogP contribution is 2.21. The Kier molecular flexibility index (Phi) is 5.46. The second-order valence-electron chi connectivity index (χ2n) is 6.33. The smallest absolute Gasteiger partial charge is 0.347 e. The largest absolute Gasteiger partial charge is 0.460 e. The number of rotatable bonds is 6. The summed E-state index contributed by atoms with van der Waals surface area (Å²) in [6, 6.07) is 17.2. The molecular formula is C21H20O5. The molecule has 0 radical (unpaired) electrons. The molecule has 134 valence electrons. The lowest BCUT2D eigenvalue weighted by molar-refractivity contribution is -0.160. The van der Waals surface area contributed by atoms with Crippen LogP contribution < -0.4 is 0 Å². The Morgan fingerprint density at radius 3 is 2.27 bits per heavy atom. The molecule has 26 heavy (non-hydrogen) atoms. The average molecular weight is 352 g/mol. The van der Waals surface area contributed by atoms with Crippen LogP contribution in [0.3, 0.4) is 0 Å². The number of ketones is 1. The lowest BCUT2D eigenvalue weighted by Gasteiger charge is -2.08. The van der Waals surface area contributed by atoms with Crippen LogP contribution >= 0.6 is 0 Å². The first-order chi connectivity index (χ1) is 12.5. The molecule has 3 rings (SSSR count). The van der Waals surface area contributed by atoms with Crippen LogP contribution in [0, 0.1) is 0 Å². The number of hydrogen-bond acceptors (Lipinski definition) is 5. The molecule has 0 saturated carbocycles. The third kappa shape index (κ3) is 4.36. The third-order valence-corrected chi connectivity index (χ3v) is 4.27. The molecule has 1 fully saturated rings. The molecule has 0 aliphatic carbocycles. The van der Waals surface area contributed by atoms with E-state index in [1.807, 2.05) is 42.5 Å². The van der Waals surface area contributed by atoms with Gasteiger partial charge in [-0.05, 0) is 18.1 Å². The summed E-state index contributed by atoms with van der Waals surface area (Å²) in [5.41, 5.74) is 2.65. The third-order valence-electron chi connectivity index (χ3n) is 4.27. The van der Waals surface area contributed by atoms with Gasteiger partial charge in [0.15, 0.2) is 5.78 Å². The Morgan fingerprint density at radius 1 is 1.00 bits per heavy atom. The average Bonchev–Trinajstić information content (AvgIpc) is 2.97. The van der Waals surface area contributed by atoms with Gasteiger partial charge < -0.3 is 9.47 Å². The van der Waals surface area contributed by atoms with Crippen molar-refractivity contribution in [2.75, 3.05) is 0 Å². The van der Waals surface area contributed by atoms with Crippen LogP contribution in [0.1, 0.15) is 36.5 Å². The minimum atomic E-state index is -0.849. The van der Waals surface area contributed by atoms with Gasteiger partial charge in [0.2, 0.25) is 6.10 Å². The minimum absolute atomic E-state index is 0.0425. The van der Waals surface area contributed by atoms with E-state index < -0.39 is 18.0 Å². The quantitative estimate of drug-likeness (QED) is 0.587. The van der Waals surface area contributed by atoms with Crippen molar-refractivity contribution >= 4 is 17.7 Å². The van der Waals surface area contributed by atoms with Crippen molar-refractivity contribution < 1.29 is 23.9 Å². The molecule has 2 atom stereocenters. The van der Waals surface area contributed by atoms with Crippen LogP contribution in [-0.2, 0) is 19.1 Å². The minimum Gasteiger partial charge on any atom is -0.460 e. The number of Topliss-reactive ketones (excluding diaryl/α,β-unsaturated/α-hetero) is 1.